The van der Waals surface area contributed by atoms with Crippen molar-refractivity contribution in [1.82, 2.24) is 0 Å². The Labute approximate surface area is 193 Å². The molecule has 0 bridgehead atoms. The van der Waals surface area contributed by atoms with Crippen molar-refractivity contribution in [2.24, 2.45) is 0 Å². The highest BCUT2D eigenvalue weighted by atomic mass is 14.2. The van der Waals surface area contributed by atoms with Gasteiger partial charge in [-0.3, -0.25) is 0 Å². The fraction of sp³-hybridized carbons (Fsp3) is 0.613. The lowest BCUT2D eigenvalue weighted by molar-refractivity contribution is 0.598. The molecule has 0 saturated heterocycles. The van der Waals surface area contributed by atoms with Gasteiger partial charge in [-0.15, -0.1) is 0 Å². The standard InChI is InChI=1S/C31H48/c1-4-7-9-11-13-18-22-29-25-24-28(6-3)31(26-27-20-16-15-17-21-27)30(29)23-19-14-12-10-8-5-2/h15-17,20-21,24-25H,4-14,18-19,22-23,26H2,1-3H3. The van der Waals surface area contributed by atoms with Gasteiger partial charge in [0, 0.05) is 0 Å². The van der Waals surface area contributed by atoms with Crippen molar-refractivity contribution in [2.75, 3.05) is 0 Å². The predicted molar refractivity (Wildman–Crippen MR) is 139 cm³/mol. The molecule has 0 unspecified atom stereocenters. The maximum Gasteiger partial charge on any atom is -0.00202 e. The Hall–Kier alpha value is -1.56. The third-order valence-electron chi connectivity index (χ3n) is 6.81. The topological polar surface area (TPSA) is 0 Å². The van der Waals surface area contributed by atoms with E-state index in [0.717, 1.165) is 12.8 Å². The minimum absolute atomic E-state index is 1.10. The maximum absolute atomic E-state index is 2.48. The highest BCUT2D eigenvalue weighted by molar-refractivity contribution is 5.44. The molecule has 0 heteroatoms. The maximum atomic E-state index is 2.48. The fourth-order valence-corrected chi connectivity index (χ4v) is 4.86. The van der Waals surface area contributed by atoms with Crippen LogP contribution < -0.4 is 0 Å². The largest absolute Gasteiger partial charge is 0.0654 e. The zero-order valence-electron chi connectivity index (χ0n) is 20.9. The Bertz CT molecular complexity index is 697. The van der Waals surface area contributed by atoms with Gasteiger partial charge in [-0.25, -0.2) is 0 Å². The summed E-state index contributed by atoms with van der Waals surface area (Å²) in [6.45, 7) is 6.93. The van der Waals surface area contributed by atoms with Crippen molar-refractivity contribution in [2.45, 2.75) is 124 Å². The van der Waals surface area contributed by atoms with E-state index in [1.165, 1.54) is 95.5 Å². The molecule has 2 aromatic rings. The number of unbranched alkanes of at least 4 members (excludes halogenated alkanes) is 10. The van der Waals surface area contributed by atoms with Crippen molar-refractivity contribution in [3.63, 3.8) is 0 Å². The molecule has 0 atom stereocenters. The van der Waals surface area contributed by atoms with Crippen LogP contribution in [0.25, 0.3) is 0 Å². The van der Waals surface area contributed by atoms with Crippen molar-refractivity contribution in [3.05, 3.63) is 70.3 Å². The van der Waals surface area contributed by atoms with Crippen molar-refractivity contribution >= 4 is 0 Å². The lowest BCUT2D eigenvalue weighted by Crippen LogP contribution is -2.06. The first-order valence-electron chi connectivity index (χ1n) is 13.5. The summed E-state index contributed by atoms with van der Waals surface area (Å²) in [5.41, 5.74) is 8.01. The molecule has 0 saturated carbocycles. The molecule has 31 heavy (non-hydrogen) atoms. The molecule has 0 aromatic heterocycles. The van der Waals surface area contributed by atoms with Crippen LogP contribution in [0.15, 0.2) is 42.5 Å². The summed E-state index contributed by atoms with van der Waals surface area (Å²) in [7, 11) is 0. The summed E-state index contributed by atoms with van der Waals surface area (Å²) in [5, 5.41) is 0. The van der Waals surface area contributed by atoms with Crippen LogP contribution in [0.2, 0.25) is 0 Å². The molecular weight excluding hydrogens is 372 g/mol. The summed E-state index contributed by atoms with van der Waals surface area (Å²) in [6, 6.07) is 16.0. The minimum Gasteiger partial charge on any atom is -0.0654 e. The van der Waals surface area contributed by atoms with Crippen LogP contribution in [-0.2, 0) is 25.7 Å². The van der Waals surface area contributed by atoms with Crippen LogP contribution in [0.4, 0.5) is 0 Å². The second kappa shape index (κ2) is 16.1. The fourth-order valence-electron chi connectivity index (χ4n) is 4.86. The van der Waals surface area contributed by atoms with Gasteiger partial charge in [-0.2, -0.15) is 0 Å². The number of rotatable bonds is 17. The molecule has 0 radical (unpaired) electrons. The average molecular weight is 421 g/mol. The van der Waals surface area contributed by atoms with E-state index in [4.69, 9.17) is 0 Å². The van der Waals surface area contributed by atoms with Gasteiger partial charge in [0.15, 0.2) is 0 Å². The van der Waals surface area contributed by atoms with Gasteiger partial charge in [0.05, 0.1) is 0 Å². The van der Waals surface area contributed by atoms with Crippen LogP contribution in [0.1, 0.15) is 126 Å². The van der Waals surface area contributed by atoms with E-state index in [1.807, 2.05) is 0 Å². The van der Waals surface area contributed by atoms with Crippen LogP contribution in [0, 0.1) is 0 Å². The minimum atomic E-state index is 1.10. The second-order valence-corrected chi connectivity index (χ2v) is 9.39. The summed E-state index contributed by atoms with van der Waals surface area (Å²) in [5.74, 6) is 0. The van der Waals surface area contributed by atoms with Gasteiger partial charge in [-0.05, 0) is 66.3 Å². The molecule has 0 N–H and O–H groups in total. The second-order valence-electron chi connectivity index (χ2n) is 9.39. The Morgan fingerprint density at radius 3 is 1.65 bits per heavy atom. The van der Waals surface area contributed by atoms with Crippen LogP contribution in [0.3, 0.4) is 0 Å². The zero-order chi connectivity index (χ0) is 22.2. The van der Waals surface area contributed by atoms with Gasteiger partial charge in [0.25, 0.3) is 0 Å². The highest BCUT2D eigenvalue weighted by Crippen LogP contribution is 2.27. The Balaban J connectivity index is 2.12. The molecule has 0 spiro atoms. The lowest BCUT2D eigenvalue weighted by Gasteiger charge is -2.19. The summed E-state index contributed by atoms with van der Waals surface area (Å²) < 4.78 is 0. The Morgan fingerprint density at radius 2 is 1.03 bits per heavy atom. The summed E-state index contributed by atoms with van der Waals surface area (Å²) >= 11 is 0. The van der Waals surface area contributed by atoms with Crippen LogP contribution in [0.5, 0.6) is 0 Å². The molecule has 0 aliphatic carbocycles. The molecule has 172 valence electrons. The van der Waals surface area contributed by atoms with Crippen molar-refractivity contribution in [3.8, 4) is 0 Å². The van der Waals surface area contributed by atoms with E-state index >= 15 is 0 Å². The first-order chi connectivity index (χ1) is 15.3. The molecular formula is C31H48. The number of aryl methyl sites for hydroxylation is 2. The zero-order valence-corrected chi connectivity index (χ0v) is 20.9. The molecule has 2 aromatic carbocycles. The SMILES string of the molecule is CCCCCCCCc1ccc(CC)c(Cc2ccccc2)c1CCCCCCCC. The van der Waals surface area contributed by atoms with Crippen LogP contribution >= 0.6 is 0 Å². The Morgan fingerprint density at radius 1 is 0.484 bits per heavy atom. The van der Waals surface area contributed by atoms with Crippen molar-refractivity contribution < 1.29 is 0 Å². The smallest absolute Gasteiger partial charge is 0.00202 e. The van der Waals surface area contributed by atoms with E-state index < -0.39 is 0 Å². The van der Waals surface area contributed by atoms with Gasteiger partial charge in [0.2, 0.25) is 0 Å². The van der Waals surface area contributed by atoms with Crippen molar-refractivity contribution in [1.29, 1.82) is 0 Å². The average Bonchev–Trinajstić information content (AvgIpc) is 2.80. The molecule has 0 aliphatic heterocycles. The number of hydrogen-bond acceptors (Lipinski definition) is 0. The first-order valence-corrected chi connectivity index (χ1v) is 13.5. The van der Waals surface area contributed by atoms with E-state index in [0.29, 0.717) is 0 Å². The third kappa shape index (κ3) is 9.63. The van der Waals surface area contributed by atoms with Gasteiger partial charge >= 0.3 is 0 Å². The summed E-state index contributed by atoms with van der Waals surface area (Å²) in [4.78, 5) is 0. The quantitative estimate of drug-likeness (QED) is 0.223. The molecule has 0 heterocycles. The van der Waals surface area contributed by atoms with E-state index in [9.17, 15) is 0 Å². The normalized spacial score (nSPS) is 11.2. The third-order valence-corrected chi connectivity index (χ3v) is 6.81. The lowest BCUT2D eigenvalue weighted by atomic mass is 9.86. The first kappa shape index (κ1) is 25.7. The molecule has 0 amide bonds. The number of hydrogen-bond donors (Lipinski definition) is 0. The van der Waals surface area contributed by atoms with Crippen LogP contribution in [-0.4, -0.2) is 0 Å². The van der Waals surface area contributed by atoms with Gasteiger partial charge in [0.1, 0.15) is 0 Å². The molecule has 0 aliphatic rings. The van der Waals surface area contributed by atoms with E-state index in [-0.39, 0.29) is 0 Å². The highest BCUT2D eigenvalue weighted by Gasteiger charge is 2.13. The monoisotopic (exact) mass is 420 g/mol. The van der Waals surface area contributed by atoms with E-state index in [1.54, 1.807) is 22.3 Å². The predicted octanol–water partition coefficient (Wildman–Crippen LogP) is 9.65. The van der Waals surface area contributed by atoms with E-state index in [2.05, 4.69) is 63.2 Å². The molecule has 0 fully saturated rings. The molecule has 2 rings (SSSR count). The van der Waals surface area contributed by atoms with Gasteiger partial charge < -0.3 is 0 Å². The number of benzene rings is 2. The van der Waals surface area contributed by atoms with Gasteiger partial charge in [-0.1, -0.05) is 127 Å². The summed E-state index contributed by atoms with van der Waals surface area (Å²) in [6.07, 6.45) is 21.4. The molecule has 0 nitrogen and oxygen atoms in total. The Kier molecular flexibility index (Phi) is 13.4.